The SMILES string of the molecule is CCN1CCCC1CNC(=NCC(=O)N(C)C)NCCc1cccc(C(=O)N(C)C)c1. The first-order chi connectivity index (χ1) is 14.8. The molecule has 1 aromatic rings. The number of guanidine groups is 1. The van der Waals surface area contributed by atoms with Crippen molar-refractivity contribution in [1.82, 2.24) is 25.3 Å². The van der Waals surface area contributed by atoms with Gasteiger partial charge in [-0.05, 0) is 50.0 Å². The molecule has 1 saturated heterocycles. The summed E-state index contributed by atoms with van der Waals surface area (Å²) in [5.74, 6) is 0.615. The van der Waals surface area contributed by atoms with Crippen LogP contribution >= 0.6 is 0 Å². The molecule has 0 aromatic heterocycles. The van der Waals surface area contributed by atoms with Gasteiger partial charge in [-0.25, -0.2) is 4.99 Å². The highest BCUT2D eigenvalue weighted by Crippen LogP contribution is 2.15. The van der Waals surface area contributed by atoms with Gasteiger partial charge in [-0.15, -0.1) is 0 Å². The van der Waals surface area contributed by atoms with Crippen LogP contribution in [-0.2, 0) is 11.2 Å². The summed E-state index contributed by atoms with van der Waals surface area (Å²) in [6.45, 7) is 5.96. The Labute approximate surface area is 186 Å². The smallest absolute Gasteiger partial charge is 0.253 e. The van der Waals surface area contributed by atoms with Gasteiger partial charge >= 0.3 is 0 Å². The predicted molar refractivity (Wildman–Crippen MR) is 125 cm³/mol. The Morgan fingerprint density at radius 2 is 1.94 bits per heavy atom. The highest BCUT2D eigenvalue weighted by atomic mass is 16.2. The molecule has 0 aliphatic carbocycles. The third-order valence-corrected chi connectivity index (χ3v) is 5.57. The van der Waals surface area contributed by atoms with Crippen LogP contribution in [0.2, 0.25) is 0 Å². The minimum atomic E-state index is -0.0351. The molecule has 2 rings (SSSR count). The van der Waals surface area contributed by atoms with Crippen LogP contribution in [0.4, 0.5) is 0 Å². The lowest BCUT2D eigenvalue weighted by Crippen LogP contribution is -2.45. The van der Waals surface area contributed by atoms with Gasteiger partial charge < -0.3 is 20.4 Å². The van der Waals surface area contributed by atoms with E-state index in [1.54, 1.807) is 38.0 Å². The zero-order valence-electron chi connectivity index (χ0n) is 19.6. The molecule has 1 aliphatic rings. The third kappa shape index (κ3) is 7.86. The van der Waals surface area contributed by atoms with E-state index in [2.05, 4.69) is 27.4 Å². The van der Waals surface area contributed by atoms with Crippen molar-refractivity contribution in [1.29, 1.82) is 0 Å². The number of hydrogen-bond acceptors (Lipinski definition) is 4. The lowest BCUT2D eigenvalue weighted by molar-refractivity contribution is -0.127. The van der Waals surface area contributed by atoms with E-state index in [0.29, 0.717) is 24.1 Å². The average molecular weight is 431 g/mol. The van der Waals surface area contributed by atoms with Crippen LogP contribution in [0.3, 0.4) is 0 Å². The second-order valence-corrected chi connectivity index (χ2v) is 8.34. The van der Waals surface area contributed by atoms with Gasteiger partial charge in [-0.1, -0.05) is 19.1 Å². The molecule has 0 saturated carbocycles. The molecule has 1 heterocycles. The van der Waals surface area contributed by atoms with E-state index in [4.69, 9.17) is 0 Å². The number of hydrogen-bond donors (Lipinski definition) is 2. The number of nitrogens with zero attached hydrogens (tertiary/aromatic N) is 4. The van der Waals surface area contributed by atoms with Gasteiger partial charge in [0.25, 0.3) is 5.91 Å². The van der Waals surface area contributed by atoms with Gasteiger partial charge in [0.1, 0.15) is 6.54 Å². The summed E-state index contributed by atoms with van der Waals surface area (Å²) in [6.07, 6.45) is 3.15. The molecule has 8 nitrogen and oxygen atoms in total. The van der Waals surface area contributed by atoms with Crippen molar-refractivity contribution in [3.63, 3.8) is 0 Å². The molecular weight excluding hydrogens is 392 g/mol. The van der Waals surface area contributed by atoms with Crippen molar-refractivity contribution in [2.24, 2.45) is 4.99 Å². The number of likely N-dealkylation sites (tertiary alicyclic amines) is 1. The summed E-state index contributed by atoms with van der Waals surface area (Å²) in [5.41, 5.74) is 1.77. The zero-order valence-corrected chi connectivity index (χ0v) is 19.6. The Hall–Kier alpha value is -2.61. The number of rotatable bonds is 9. The first-order valence-corrected chi connectivity index (χ1v) is 11.1. The number of benzene rings is 1. The molecule has 8 heteroatoms. The van der Waals surface area contributed by atoms with Gasteiger partial charge in [0.05, 0.1) is 0 Å². The number of amides is 2. The van der Waals surface area contributed by atoms with E-state index in [1.807, 2.05) is 24.3 Å². The highest BCUT2D eigenvalue weighted by Gasteiger charge is 2.22. The van der Waals surface area contributed by atoms with Gasteiger partial charge in [0.2, 0.25) is 5.91 Å². The summed E-state index contributed by atoms with van der Waals surface area (Å²) in [6, 6.07) is 8.19. The van der Waals surface area contributed by atoms with Crippen molar-refractivity contribution in [3.05, 3.63) is 35.4 Å². The molecule has 172 valence electrons. The van der Waals surface area contributed by atoms with Crippen LogP contribution in [-0.4, -0.2) is 99.4 Å². The van der Waals surface area contributed by atoms with E-state index in [-0.39, 0.29) is 18.4 Å². The molecule has 0 bridgehead atoms. The van der Waals surface area contributed by atoms with Crippen LogP contribution in [0, 0.1) is 0 Å². The standard InChI is InChI=1S/C23H38N6O2/c1-6-29-14-8-11-20(29)16-25-23(26-17-21(30)27(2)3)24-13-12-18-9-7-10-19(15-18)22(31)28(4)5/h7,9-10,15,20H,6,8,11-14,16-17H2,1-5H3,(H2,24,25,26). The fourth-order valence-corrected chi connectivity index (χ4v) is 3.66. The maximum atomic E-state index is 12.2. The Bertz CT molecular complexity index is 762. The molecular formula is C23H38N6O2. The minimum absolute atomic E-state index is 0.00188. The maximum absolute atomic E-state index is 12.2. The Morgan fingerprint density at radius 3 is 2.61 bits per heavy atom. The molecule has 1 aromatic carbocycles. The minimum Gasteiger partial charge on any atom is -0.356 e. The van der Waals surface area contributed by atoms with E-state index >= 15 is 0 Å². The molecule has 1 unspecified atom stereocenters. The molecule has 0 radical (unpaired) electrons. The second-order valence-electron chi connectivity index (χ2n) is 8.34. The Kier molecular flexibility index (Phi) is 9.78. The van der Waals surface area contributed by atoms with Gasteiger partial charge in [-0.2, -0.15) is 0 Å². The van der Waals surface area contributed by atoms with E-state index in [1.165, 1.54) is 12.8 Å². The molecule has 2 N–H and O–H groups in total. The third-order valence-electron chi connectivity index (χ3n) is 5.57. The van der Waals surface area contributed by atoms with Crippen molar-refractivity contribution >= 4 is 17.8 Å². The second kappa shape index (κ2) is 12.3. The first-order valence-electron chi connectivity index (χ1n) is 11.1. The summed E-state index contributed by atoms with van der Waals surface area (Å²) in [7, 11) is 6.98. The Morgan fingerprint density at radius 1 is 1.16 bits per heavy atom. The maximum Gasteiger partial charge on any atom is 0.253 e. The number of carbonyl (C=O) groups excluding carboxylic acids is 2. The Balaban J connectivity index is 1.95. The van der Waals surface area contributed by atoms with Crippen LogP contribution in [0.25, 0.3) is 0 Å². The van der Waals surface area contributed by atoms with Crippen LogP contribution in [0.1, 0.15) is 35.7 Å². The lowest BCUT2D eigenvalue weighted by Gasteiger charge is -2.24. The fraction of sp³-hybridized carbons (Fsp3) is 0.609. The quantitative estimate of drug-likeness (QED) is 0.452. The van der Waals surface area contributed by atoms with E-state index < -0.39 is 0 Å². The summed E-state index contributed by atoms with van der Waals surface area (Å²) < 4.78 is 0. The largest absolute Gasteiger partial charge is 0.356 e. The fourth-order valence-electron chi connectivity index (χ4n) is 3.66. The molecule has 0 spiro atoms. The molecule has 1 fully saturated rings. The van der Waals surface area contributed by atoms with Crippen LogP contribution in [0.5, 0.6) is 0 Å². The molecule has 31 heavy (non-hydrogen) atoms. The van der Waals surface area contributed by atoms with Crippen molar-refractivity contribution in [2.75, 3.05) is 60.9 Å². The summed E-state index contributed by atoms with van der Waals surface area (Å²) in [5, 5.41) is 6.76. The van der Waals surface area contributed by atoms with Gasteiger partial charge in [0, 0.05) is 52.9 Å². The zero-order chi connectivity index (χ0) is 22.8. The van der Waals surface area contributed by atoms with Gasteiger partial charge in [0.15, 0.2) is 5.96 Å². The predicted octanol–water partition coefficient (Wildman–Crippen LogP) is 1.04. The van der Waals surface area contributed by atoms with Crippen molar-refractivity contribution < 1.29 is 9.59 Å². The lowest BCUT2D eigenvalue weighted by atomic mass is 10.1. The van der Waals surface area contributed by atoms with E-state index in [0.717, 1.165) is 31.6 Å². The normalized spacial score (nSPS) is 16.8. The monoisotopic (exact) mass is 430 g/mol. The van der Waals surface area contributed by atoms with Crippen LogP contribution in [0.15, 0.2) is 29.3 Å². The summed E-state index contributed by atoms with van der Waals surface area (Å²) in [4.78, 5) is 34.2. The summed E-state index contributed by atoms with van der Waals surface area (Å²) >= 11 is 0. The number of nitrogens with one attached hydrogen (secondary N) is 2. The van der Waals surface area contributed by atoms with E-state index in [9.17, 15) is 9.59 Å². The van der Waals surface area contributed by atoms with Crippen molar-refractivity contribution in [2.45, 2.75) is 32.2 Å². The molecule has 2 amide bonds. The topological polar surface area (TPSA) is 80.3 Å². The number of carbonyl (C=O) groups is 2. The highest BCUT2D eigenvalue weighted by molar-refractivity contribution is 5.94. The number of likely N-dealkylation sites (N-methyl/N-ethyl adjacent to an activating group) is 2. The van der Waals surface area contributed by atoms with Crippen LogP contribution < -0.4 is 10.6 Å². The average Bonchev–Trinajstić information content (AvgIpc) is 3.22. The first kappa shape index (κ1) is 24.7. The number of aliphatic imine (C=N–C) groups is 1. The van der Waals surface area contributed by atoms with Gasteiger partial charge in [-0.3, -0.25) is 14.5 Å². The molecule has 1 aliphatic heterocycles. The molecule has 1 atom stereocenters. The van der Waals surface area contributed by atoms with Crippen molar-refractivity contribution in [3.8, 4) is 0 Å².